The quantitative estimate of drug-likeness (QED) is 0.246. The van der Waals surface area contributed by atoms with E-state index in [-0.39, 0.29) is 11.8 Å². The summed E-state index contributed by atoms with van der Waals surface area (Å²) in [6.07, 6.45) is 0. The third-order valence-corrected chi connectivity index (χ3v) is 1.62. The average molecular weight is 480 g/mol. The van der Waals surface area contributed by atoms with E-state index in [2.05, 4.69) is 11.3 Å². The molecule has 0 aliphatic carbocycles. The van der Waals surface area contributed by atoms with Gasteiger partial charge in [0.25, 0.3) is 0 Å². The Morgan fingerprint density at radius 1 is 1.77 bits per heavy atom. The Morgan fingerprint density at radius 2 is 2.23 bits per heavy atom. The molecule has 0 radical (unpaired) electrons. The molecule has 1 atom stereocenters. The molecule has 0 aliphatic rings. The van der Waals surface area contributed by atoms with E-state index in [0.29, 0.717) is 0 Å². The first-order chi connectivity index (χ1) is 5.45. The van der Waals surface area contributed by atoms with Crippen LogP contribution < -0.4 is 0 Å². The van der Waals surface area contributed by atoms with Crippen molar-refractivity contribution in [1.82, 2.24) is 4.31 Å². The summed E-state index contributed by atoms with van der Waals surface area (Å²) >= 11 is 2.74. The van der Waals surface area contributed by atoms with Crippen LogP contribution in [-0.4, -0.2) is 32.8 Å². The molecule has 13 heavy (non-hydrogen) atoms. The average Bonchev–Trinajstić information content (AvgIpc) is 1.98. The minimum atomic E-state index is -2.41. The van der Waals surface area contributed by atoms with E-state index < -0.39 is 17.2 Å². The van der Waals surface area contributed by atoms with Crippen molar-refractivity contribution in [3.63, 3.8) is 0 Å². The second-order valence-electron chi connectivity index (χ2n) is 1.81. The SMILES string of the molecule is C=C(Cl)C(=O)OCN(C)S(=O)[O-].[Rf]. The molecule has 0 aromatic carbocycles. The van der Waals surface area contributed by atoms with Gasteiger partial charge >= 0.3 is 5.97 Å². The largest absolute Gasteiger partial charge is 0.760 e. The number of carbonyl (C=O) groups is 1. The standard InChI is InChI=1S/C5H8ClNO4S.Rf/c1-4(6)5(8)11-3-7(2)12(9)10;/h1,3H2,2H3,(H,9,10);/p-1. The Kier molecular flexibility index (Phi) is 6.65. The number of nitrogens with zero attached hydrogens (tertiary/aromatic N) is 1. The van der Waals surface area contributed by atoms with E-state index in [1.807, 2.05) is 0 Å². The molecule has 1 unspecified atom stereocenters. The maximum atomic E-state index is 10.6. The summed E-state index contributed by atoms with van der Waals surface area (Å²) < 4.78 is 25.5. The number of halogens is 1. The molecule has 0 bridgehead atoms. The molecule has 0 saturated heterocycles. The van der Waals surface area contributed by atoms with Crippen molar-refractivity contribution >= 4 is 28.8 Å². The Morgan fingerprint density at radius 3 is 2.54 bits per heavy atom. The normalized spacial score (nSPS) is 11.7. The fraction of sp³-hybridized carbons (Fsp3) is 0.400. The molecule has 0 aromatic rings. The first-order valence-electron chi connectivity index (χ1n) is 2.77. The third-order valence-electron chi connectivity index (χ3n) is 0.853. The van der Waals surface area contributed by atoms with Gasteiger partial charge < -0.3 is 9.29 Å². The van der Waals surface area contributed by atoms with Gasteiger partial charge in [0.2, 0.25) is 0 Å². The van der Waals surface area contributed by atoms with Crippen LogP contribution in [0.3, 0.4) is 0 Å². The van der Waals surface area contributed by atoms with Crippen LogP contribution in [0.4, 0.5) is 0 Å². The van der Waals surface area contributed by atoms with E-state index in [1.165, 1.54) is 7.05 Å². The van der Waals surface area contributed by atoms with Crippen LogP contribution in [-0.2, 0) is 20.8 Å². The molecule has 0 spiro atoms. The van der Waals surface area contributed by atoms with E-state index >= 15 is 0 Å². The Hall–Kier alpha value is -1.43. The van der Waals surface area contributed by atoms with Gasteiger partial charge in [0.15, 0.2) is 6.73 Å². The monoisotopic (exact) mass is 479 g/mol. The van der Waals surface area contributed by atoms with Crippen LogP contribution in [0.1, 0.15) is 0 Å². The maximum absolute atomic E-state index is 10.6. The number of hydrogen-bond acceptors (Lipinski definition) is 4. The van der Waals surface area contributed by atoms with Crippen LogP contribution >= 0.6 is 11.6 Å². The van der Waals surface area contributed by atoms with Gasteiger partial charge in [-0.2, -0.15) is 0 Å². The summed E-state index contributed by atoms with van der Waals surface area (Å²) in [4.78, 5) is 10.6. The van der Waals surface area contributed by atoms with Gasteiger partial charge in [0.1, 0.15) is 5.03 Å². The topological polar surface area (TPSA) is 69.7 Å². The molecule has 0 aromatic heterocycles. The molecule has 0 rings (SSSR count). The van der Waals surface area contributed by atoms with E-state index in [0.717, 1.165) is 4.31 Å². The van der Waals surface area contributed by atoms with Crippen molar-refractivity contribution < 1.29 is 18.3 Å². The predicted octanol–water partition coefficient (Wildman–Crippen LogP) is -0.0345. The van der Waals surface area contributed by atoms with Crippen molar-refractivity contribution in [1.29, 1.82) is 0 Å². The zero-order chi connectivity index (χ0) is 9.72. The van der Waals surface area contributed by atoms with Crippen LogP contribution in [0.5, 0.6) is 0 Å². The molecule has 0 heterocycles. The number of hydrogen-bond donors (Lipinski definition) is 0. The molecule has 72 valence electrons. The van der Waals surface area contributed by atoms with Crippen LogP contribution in [0.2, 0.25) is 0 Å². The van der Waals surface area contributed by atoms with Crippen molar-refractivity contribution in [3.05, 3.63) is 11.6 Å². The molecule has 0 aliphatic heterocycles. The van der Waals surface area contributed by atoms with Gasteiger partial charge in [0.05, 0.1) is 0 Å². The minimum absolute atomic E-state index is 0. The first-order valence-corrected chi connectivity index (χ1v) is 4.18. The minimum Gasteiger partial charge on any atom is -0.760 e. The van der Waals surface area contributed by atoms with Crippen molar-refractivity contribution in [3.8, 4) is 0 Å². The molecular weight excluding hydrogens is 473 g/mol. The van der Waals surface area contributed by atoms with Gasteiger partial charge in [0, 0.05) is 18.3 Å². The van der Waals surface area contributed by atoms with Gasteiger partial charge in [-0.25, -0.2) is 9.10 Å². The van der Waals surface area contributed by atoms with Crippen LogP contribution in [0.25, 0.3) is 0 Å². The van der Waals surface area contributed by atoms with Crippen molar-refractivity contribution in [2.75, 3.05) is 13.8 Å². The smallest absolute Gasteiger partial charge is 0.350 e. The van der Waals surface area contributed by atoms with Crippen molar-refractivity contribution in [2.45, 2.75) is 0 Å². The van der Waals surface area contributed by atoms with E-state index in [1.54, 1.807) is 0 Å². The Bertz CT molecular complexity index is 225. The summed E-state index contributed by atoms with van der Waals surface area (Å²) in [6, 6.07) is 0. The molecule has 0 fully saturated rings. The summed E-state index contributed by atoms with van der Waals surface area (Å²) in [5, 5.41) is -0.292. The summed E-state index contributed by atoms with van der Waals surface area (Å²) in [5.41, 5.74) is 0. The maximum Gasteiger partial charge on any atom is 0.350 e. The number of esters is 1. The van der Waals surface area contributed by atoms with E-state index in [9.17, 15) is 13.6 Å². The van der Waals surface area contributed by atoms with Crippen LogP contribution in [0, 0.1) is 0 Å². The fourth-order valence-corrected chi connectivity index (χ4v) is 0.464. The van der Waals surface area contributed by atoms with Gasteiger partial charge in [-0.1, -0.05) is 18.2 Å². The zero-order valence-corrected chi connectivity index (χ0v) is 15.0. The second-order valence-corrected chi connectivity index (χ2v) is 3.32. The molecule has 0 saturated carbocycles. The second kappa shape index (κ2) is 6.13. The van der Waals surface area contributed by atoms with Gasteiger partial charge in [-0.15, -0.1) is 0 Å². The fourth-order valence-electron chi connectivity index (χ4n) is 0.271. The number of carbonyl (C=O) groups excluding carboxylic acids is 1. The Labute approximate surface area is 77.4 Å². The van der Waals surface area contributed by atoms with Gasteiger partial charge in [-0.3, -0.25) is 4.21 Å². The van der Waals surface area contributed by atoms with E-state index in [4.69, 9.17) is 11.6 Å². The summed E-state index contributed by atoms with van der Waals surface area (Å²) in [5.74, 6) is -0.839. The molecule has 0 amide bonds. The predicted molar refractivity (Wildman–Crippen MR) is 42.6 cm³/mol. The van der Waals surface area contributed by atoms with Gasteiger partial charge in [-0.05, 0) is 0 Å². The zero-order valence-electron chi connectivity index (χ0n) is 6.99. The third kappa shape index (κ3) is 5.80. The summed E-state index contributed by atoms with van der Waals surface area (Å²) in [6.45, 7) is 2.72. The molecular formula is C5H7ClNO4RfS-. The molecule has 0 N–H and O–H groups in total. The van der Waals surface area contributed by atoms with Crippen LogP contribution in [0.15, 0.2) is 11.6 Å². The number of ether oxygens (including phenoxy) is 1. The van der Waals surface area contributed by atoms with Crippen molar-refractivity contribution in [2.24, 2.45) is 0 Å². The number of rotatable bonds is 4. The molecule has 5 nitrogen and oxygen atoms in total. The molecule has 8 heteroatoms. The summed E-state index contributed by atoms with van der Waals surface area (Å²) in [7, 11) is 1.24. The Balaban J connectivity index is 0. The first kappa shape index (κ1) is 14.1.